The number of carbonyl (C=O) groups excluding carboxylic acids is 1. The van der Waals surface area contributed by atoms with Crippen molar-refractivity contribution in [2.75, 3.05) is 18.0 Å². The molecule has 0 aliphatic carbocycles. The van der Waals surface area contributed by atoms with Crippen LogP contribution in [-0.2, 0) is 4.79 Å². The van der Waals surface area contributed by atoms with Gasteiger partial charge in [0.1, 0.15) is 5.82 Å². The zero-order valence-electron chi connectivity index (χ0n) is 17.3. The lowest BCUT2D eigenvalue weighted by Crippen LogP contribution is -2.38. The van der Waals surface area contributed by atoms with Crippen LogP contribution in [0, 0.1) is 12.8 Å². The maximum Gasteiger partial charge on any atom is 0.259 e. The van der Waals surface area contributed by atoms with E-state index in [0.717, 1.165) is 59.3 Å². The molecule has 5 rings (SSSR count). The number of benzene rings is 2. The fourth-order valence-electron chi connectivity index (χ4n) is 4.13. The molecule has 1 aliphatic heterocycles. The molecule has 0 radical (unpaired) electrons. The lowest BCUT2D eigenvalue weighted by Gasteiger charge is -2.31. The van der Waals surface area contributed by atoms with E-state index < -0.39 is 0 Å². The predicted molar refractivity (Wildman–Crippen MR) is 119 cm³/mol. The Hall–Kier alpha value is -3.74. The summed E-state index contributed by atoms with van der Waals surface area (Å²) in [4.78, 5) is 23.2. The van der Waals surface area contributed by atoms with Gasteiger partial charge in [0, 0.05) is 30.0 Å². The lowest BCUT2D eigenvalue weighted by atomic mass is 9.96. The molecular formula is C24H23N5O2. The second-order valence-electron chi connectivity index (χ2n) is 8.00. The molecule has 1 fully saturated rings. The third-order valence-electron chi connectivity index (χ3n) is 5.86. The number of hydrogen-bond donors (Lipinski definition) is 1. The summed E-state index contributed by atoms with van der Waals surface area (Å²) in [7, 11) is 0. The third kappa shape index (κ3) is 3.74. The van der Waals surface area contributed by atoms with Gasteiger partial charge in [-0.2, -0.15) is 4.98 Å². The largest absolute Gasteiger partial charge is 0.369 e. The van der Waals surface area contributed by atoms with Gasteiger partial charge in [0.05, 0.1) is 11.1 Å². The highest BCUT2D eigenvalue weighted by molar-refractivity contribution is 5.94. The maximum atomic E-state index is 11.5. The number of rotatable bonds is 4. The molecule has 2 aromatic carbocycles. The van der Waals surface area contributed by atoms with E-state index in [2.05, 4.69) is 15.0 Å². The van der Waals surface area contributed by atoms with Crippen LogP contribution in [0.25, 0.3) is 33.7 Å². The minimum atomic E-state index is -0.221. The number of hydrogen-bond acceptors (Lipinski definition) is 6. The highest BCUT2D eigenvalue weighted by Gasteiger charge is 2.25. The van der Waals surface area contributed by atoms with Crippen molar-refractivity contribution >= 4 is 22.6 Å². The van der Waals surface area contributed by atoms with Crippen molar-refractivity contribution in [2.45, 2.75) is 19.8 Å². The minimum absolute atomic E-state index is 0.0657. The molecule has 7 heteroatoms. The van der Waals surface area contributed by atoms with Gasteiger partial charge in [0.15, 0.2) is 0 Å². The summed E-state index contributed by atoms with van der Waals surface area (Å²) >= 11 is 0. The normalized spacial score (nSPS) is 14.8. The van der Waals surface area contributed by atoms with E-state index in [9.17, 15) is 4.79 Å². The zero-order chi connectivity index (χ0) is 21.4. The summed E-state index contributed by atoms with van der Waals surface area (Å²) in [6.45, 7) is 3.50. The number of amides is 1. The van der Waals surface area contributed by atoms with E-state index in [0.29, 0.717) is 11.7 Å². The van der Waals surface area contributed by atoms with Crippen LogP contribution in [0.2, 0.25) is 0 Å². The van der Waals surface area contributed by atoms with Crippen LogP contribution >= 0.6 is 0 Å². The lowest BCUT2D eigenvalue weighted by molar-refractivity contribution is -0.122. The number of primary amides is 1. The number of aryl methyl sites for hydroxylation is 1. The Labute approximate surface area is 179 Å². The fourth-order valence-corrected chi connectivity index (χ4v) is 4.13. The van der Waals surface area contributed by atoms with Gasteiger partial charge < -0.3 is 15.2 Å². The van der Waals surface area contributed by atoms with Gasteiger partial charge in [0.25, 0.3) is 5.89 Å². The third-order valence-corrected chi connectivity index (χ3v) is 5.86. The first-order valence-corrected chi connectivity index (χ1v) is 10.4. The number of nitrogens with two attached hydrogens (primary N) is 1. The summed E-state index contributed by atoms with van der Waals surface area (Å²) in [5, 5.41) is 5.17. The average molecular weight is 413 g/mol. The van der Waals surface area contributed by atoms with Gasteiger partial charge >= 0.3 is 0 Å². The topological polar surface area (TPSA) is 98.1 Å². The van der Waals surface area contributed by atoms with Crippen molar-refractivity contribution in [1.82, 2.24) is 15.1 Å². The molecule has 0 saturated carbocycles. The van der Waals surface area contributed by atoms with Gasteiger partial charge in [-0.25, -0.2) is 4.98 Å². The number of nitrogens with zero attached hydrogens (tertiary/aromatic N) is 4. The van der Waals surface area contributed by atoms with Crippen LogP contribution in [0.15, 0.2) is 59.1 Å². The Morgan fingerprint density at radius 1 is 1.06 bits per heavy atom. The summed E-state index contributed by atoms with van der Waals surface area (Å²) in [6.07, 6.45) is 1.47. The number of pyridine rings is 1. The van der Waals surface area contributed by atoms with Crippen LogP contribution in [-0.4, -0.2) is 34.1 Å². The number of carbonyl (C=O) groups is 1. The van der Waals surface area contributed by atoms with Crippen molar-refractivity contribution in [3.63, 3.8) is 0 Å². The first kappa shape index (κ1) is 19.2. The molecule has 156 valence electrons. The van der Waals surface area contributed by atoms with Gasteiger partial charge in [-0.1, -0.05) is 47.1 Å². The summed E-state index contributed by atoms with van der Waals surface area (Å²) in [5.41, 5.74) is 9.26. The first-order chi connectivity index (χ1) is 15.1. The van der Waals surface area contributed by atoms with Crippen molar-refractivity contribution in [3.05, 3.63) is 60.2 Å². The van der Waals surface area contributed by atoms with Crippen molar-refractivity contribution in [3.8, 4) is 22.8 Å². The number of aromatic nitrogens is 3. The van der Waals surface area contributed by atoms with Crippen LogP contribution in [0.1, 0.15) is 18.4 Å². The Balaban J connectivity index is 1.54. The molecule has 31 heavy (non-hydrogen) atoms. The number of anilines is 1. The van der Waals surface area contributed by atoms with Crippen molar-refractivity contribution in [1.29, 1.82) is 0 Å². The maximum absolute atomic E-state index is 11.5. The Kier molecular flexibility index (Phi) is 4.86. The molecular weight excluding hydrogens is 390 g/mol. The van der Waals surface area contributed by atoms with Crippen LogP contribution in [0.4, 0.5) is 5.82 Å². The molecule has 1 amide bonds. The second-order valence-corrected chi connectivity index (χ2v) is 8.00. The van der Waals surface area contributed by atoms with E-state index >= 15 is 0 Å². The first-order valence-electron chi connectivity index (χ1n) is 10.4. The molecule has 2 aromatic heterocycles. The molecule has 1 aliphatic rings. The summed E-state index contributed by atoms with van der Waals surface area (Å²) in [6, 6.07) is 18.0. The predicted octanol–water partition coefficient (Wildman–Crippen LogP) is 3.96. The van der Waals surface area contributed by atoms with Crippen molar-refractivity contribution < 1.29 is 9.32 Å². The standard InChI is InChI=1S/C24H23N5O2/c1-15-5-4-6-17(13-15)23-27-24(31-28-23)19-14-21(26-20-8-3-2-7-18(19)20)29-11-9-16(10-12-29)22(25)30/h2-8,13-14,16H,9-12H2,1H3,(H2,25,30). The molecule has 0 spiro atoms. The highest BCUT2D eigenvalue weighted by atomic mass is 16.5. The summed E-state index contributed by atoms with van der Waals surface area (Å²) < 4.78 is 5.68. The molecule has 1 saturated heterocycles. The molecule has 3 heterocycles. The second kappa shape index (κ2) is 7.83. The van der Waals surface area contributed by atoms with Crippen LogP contribution in [0.5, 0.6) is 0 Å². The average Bonchev–Trinajstić information content (AvgIpc) is 3.28. The molecule has 2 N–H and O–H groups in total. The highest BCUT2D eigenvalue weighted by Crippen LogP contribution is 2.33. The number of para-hydroxylation sites is 1. The zero-order valence-corrected chi connectivity index (χ0v) is 17.3. The molecule has 0 bridgehead atoms. The molecule has 0 unspecified atom stereocenters. The number of piperidine rings is 1. The minimum Gasteiger partial charge on any atom is -0.369 e. The number of fused-ring (bicyclic) bond motifs is 1. The quantitative estimate of drug-likeness (QED) is 0.544. The van der Waals surface area contributed by atoms with Crippen LogP contribution < -0.4 is 10.6 Å². The molecule has 4 aromatic rings. The molecule has 7 nitrogen and oxygen atoms in total. The fraction of sp³-hybridized carbons (Fsp3) is 0.250. The van der Waals surface area contributed by atoms with Crippen molar-refractivity contribution in [2.24, 2.45) is 11.7 Å². The van der Waals surface area contributed by atoms with E-state index in [1.807, 2.05) is 61.5 Å². The Bertz CT molecular complexity index is 1260. The smallest absolute Gasteiger partial charge is 0.259 e. The Morgan fingerprint density at radius 3 is 2.65 bits per heavy atom. The monoisotopic (exact) mass is 413 g/mol. The van der Waals surface area contributed by atoms with Gasteiger partial charge in [0.2, 0.25) is 11.7 Å². The Morgan fingerprint density at radius 2 is 1.87 bits per heavy atom. The van der Waals surface area contributed by atoms with E-state index in [1.54, 1.807) is 0 Å². The summed E-state index contributed by atoms with van der Waals surface area (Å²) in [5.74, 6) is 1.57. The van der Waals surface area contributed by atoms with Gasteiger partial charge in [-0.05, 0) is 38.0 Å². The van der Waals surface area contributed by atoms with E-state index in [4.69, 9.17) is 15.2 Å². The molecule has 0 atom stereocenters. The SMILES string of the molecule is Cc1cccc(-c2noc(-c3cc(N4CCC(C(N)=O)CC4)nc4ccccc34)n2)c1. The van der Waals surface area contributed by atoms with Gasteiger partial charge in [-0.15, -0.1) is 0 Å². The van der Waals surface area contributed by atoms with Crippen LogP contribution in [0.3, 0.4) is 0 Å². The van der Waals surface area contributed by atoms with E-state index in [-0.39, 0.29) is 11.8 Å². The van der Waals surface area contributed by atoms with E-state index in [1.165, 1.54) is 0 Å². The van der Waals surface area contributed by atoms with Gasteiger partial charge in [-0.3, -0.25) is 4.79 Å².